The van der Waals surface area contributed by atoms with E-state index in [0.29, 0.717) is 6.54 Å². The van der Waals surface area contributed by atoms with E-state index in [1.807, 2.05) is 27.7 Å². The molecule has 0 unspecified atom stereocenters. The largest absolute Gasteiger partial charge is 0.330 e. The van der Waals surface area contributed by atoms with Gasteiger partial charge in [-0.3, -0.25) is 0 Å². The number of aldehydes is 1. The second kappa shape index (κ2) is 12.5. The predicted octanol–water partition coefficient (Wildman–Crippen LogP) is 2.13. The first-order valence-corrected chi connectivity index (χ1v) is 4.33. The lowest BCUT2D eigenvalue weighted by molar-refractivity contribution is -0.108. The maximum atomic E-state index is 9.82. The SMILES string of the molecule is CC.CC.O=CCn1ccnc1. The number of hydrogen-bond acceptors (Lipinski definition) is 2. The van der Waals surface area contributed by atoms with Gasteiger partial charge in [-0.15, -0.1) is 0 Å². The third-order valence-corrected chi connectivity index (χ3v) is 0.845. The Balaban J connectivity index is 0. The van der Waals surface area contributed by atoms with Crippen LogP contribution in [0.1, 0.15) is 27.7 Å². The first-order chi connectivity index (χ1) is 5.93. The van der Waals surface area contributed by atoms with Gasteiger partial charge in [-0.25, -0.2) is 4.98 Å². The normalized spacial score (nSPS) is 7.00. The van der Waals surface area contributed by atoms with Gasteiger partial charge in [-0.1, -0.05) is 27.7 Å². The Morgan fingerprint density at radius 2 is 1.92 bits per heavy atom. The van der Waals surface area contributed by atoms with Crippen LogP contribution in [0.5, 0.6) is 0 Å². The van der Waals surface area contributed by atoms with Crippen LogP contribution in [0.2, 0.25) is 0 Å². The first kappa shape index (κ1) is 13.5. The lowest BCUT2D eigenvalue weighted by Crippen LogP contribution is -1.93. The van der Waals surface area contributed by atoms with Gasteiger partial charge in [0.25, 0.3) is 0 Å². The van der Waals surface area contributed by atoms with Gasteiger partial charge in [-0.2, -0.15) is 0 Å². The lowest BCUT2D eigenvalue weighted by Gasteiger charge is -1.87. The highest BCUT2D eigenvalue weighted by Gasteiger charge is 1.81. The van der Waals surface area contributed by atoms with E-state index in [1.165, 1.54) is 0 Å². The van der Waals surface area contributed by atoms with Crippen LogP contribution >= 0.6 is 0 Å². The van der Waals surface area contributed by atoms with Crippen molar-refractivity contribution in [2.45, 2.75) is 34.2 Å². The topological polar surface area (TPSA) is 34.9 Å². The molecule has 1 aromatic heterocycles. The molecule has 0 aliphatic carbocycles. The zero-order valence-electron chi connectivity index (χ0n) is 8.32. The second-order valence-electron chi connectivity index (χ2n) is 1.43. The molecule has 0 saturated carbocycles. The molecule has 0 fully saturated rings. The summed E-state index contributed by atoms with van der Waals surface area (Å²) in [6, 6.07) is 0. The van der Waals surface area contributed by atoms with E-state index in [4.69, 9.17) is 0 Å². The van der Waals surface area contributed by atoms with Crippen molar-refractivity contribution in [1.29, 1.82) is 0 Å². The quantitative estimate of drug-likeness (QED) is 0.637. The van der Waals surface area contributed by atoms with Gasteiger partial charge >= 0.3 is 0 Å². The smallest absolute Gasteiger partial charge is 0.139 e. The van der Waals surface area contributed by atoms with Gasteiger partial charge < -0.3 is 9.36 Å². The Morgan fingerprint density at radius 3 is 2.25 bits per heavy atom. The maximum absolute atomic E-state index is 9.82. The zero-order valence-corrected chi connectivity index (χ0v) is 8.32. The summed E-state index contributed by atoms with van der Waals surface area (Å²) < 4.78 is 1.70. The van der Waals surface area contributed by atoms with Crippen molar-refractivity contribution in [2.75, 3.05) is 0 Å². The molecule has 0 saturated heterocycles. The Morgan fingerprint density at radius 1 is 1.33 bits per heavy atom. The number of nitrogens with zero attached hydrogens (tertiary/aromatic N) is 2. The molecule has 70 valence electrons. The molecule has 0 aliphatic rings. The molecular weight excluding hydrogens is 152 g/mol. The van der Waals surface area contributed by atoms with Crippen molar-refractivity contribution in [3.63, 3.8) is 0 Å². The van der Waals surface area contributed by atoms with Gasteiger partial charge in [0.05, 0.1) is 12.9 Å². The summed E-state index contributed by atoms with van der Waals surface area (Å²) in [4.78, 5) is 13.6. The number of hydrogen-bond donors (Lipinski definition) is 0. The highest BCUT2D eigenvalue weighted by atomic mass is 16.1. The fourth-order valence-electron chi connectivity index (χ4n) is 0.481. The molecule has 0 bridgehead atoms. The summed E-state index contributed by atoms with van der Waals surface area (Å²) in [5.74, 6) is 0. The van der Waals surface area contributed by atoms with Crippen LogP contribution in [0, 0.1) is 0 Å². The molecule has 0 aromatic carbocycles. The van der Waals surface area contributed by atoms with Gasteiger partial charge in [0.2, 0.25) is 0 Å². The molecule has 3 heteroatoms. The van der Waals surface area contributed by atoms with E-state index in [-0.39, 0.29) is 0 Å². The van der Waals surface area contributed by atoms with Crippen LogP contribution < -0.4 is 0 Å². The Bertz CT molecular complexity index is 159. The van der Waals surface area contributed by atoms with E-state index >= 15 is 0 Å². The minimum atomic E-state index is 0.403. The van der Waals surface area contributed by atoms with Crippen molar-refractivity contribution in [2.24, 2.45) is 0 Å². The predicted molar refractivity (Wildman–Crippen MR) is 51.0 cm³/mol. The maximum Gasteiger partial charge on any atom is 0.139 e. The molecule has 0 N–H and O–H groups in total. The molecule has 0 atom stereocenters. The monoisotopic (exact) mass is 170 g/mol. The molecule has 1 heterocycles. The summed E-state index contributed by atoms with van der Waals surface area (Å²) in [5.41, 5.74) is 0. The molecule has 12 heavy (non-hydrogen) atoms. The van der Waals surface area contributed by atoms with Gasteiger partial charge in [0.1, 0.15) is 6.29 Å². The Hall–Kier alpha value is -1.12. The summed E-state index contributed by atoms with van der Waals surface area (Å²) >= 11 is 0. The number of imidazole rings is 1. The Labute approximate surface area is 74.4 Å². The molecule has 0 amide bonds. The number of rotatable bonds is 2. The number of carbonyl (C=O) groups is 1. The molecule has 1 rings (SSSR count). The Kier molecular flexibility index (Phi) is 14.1. The third-order valence-electron chi connectivity index (χ3n) is 0.845. The van der Waals surface area contributed by atoms with Gasteiger partial charge in [-0.05, 0) is 0 Å². The summed E-state index contributed by atoms with van der Waals surface area (Å²) in [6.07, 6.45) is 5.83. The van der Waals surface area contributed by atoms with E-state index < -0.39 is 0 Å². The van der Waals surface area contributed by atoms with Crippen LogP contribution in [0.4, 0.5) is 0 Å². The molecule has 0 aliphatic heterocycles. The van der Waals surface area contributed by atoms with Gasteiger partial charge in [0, 0.05) is 12.4 Å². The van der Waals surface area contributed by atoms with E-state index in [0.717, 1.165) is 6.29 Å². The van der Waals surface area contributed by atoms with Gasteiger partial charge in [0.15, 0.2) is 0 Å². The third kappa shape index (κ3) is 6.99. The van der Waals surface area contributed by atoms with Crippen molar-refractivity contribution >= 4 is 6.29 Å². The van der Waals surface area contributed by atoms with Crippen LogP contribution in [0.15, 0.2) is 18.7 Å². The van der Waals surface area contributed by atoms with Crippen LogP contribution in [-0.4, -0.2) is 15.8 Å². The van der Waals surface area contributed by atoms with Crippen LogP contribution in [0.3, 0.4) is 0 Å². The van der Waals surface area contributed by atoms with E-state index in [1.54, 1.807) is 23.3 Å². The molecular formula is C9H18N2O. The summed E-state index contributed by atoms with van der Waals surface area (Å²) in [5, 5.41) is 0. The van der Waals surface area contributed by atoms with Crippen molar-refractivity contribution in [3.8, 4) is 0 Å². The van der Waals surface area contributed by atoms with E-state index in [2.05, 4.69) is 4.98 Å². The highest BCUT2D eigenvalue weighted by molar-refractivity contribution is 5.48. The lowest BCUT2D eigenvalue weighted by atomic mass is 10.7. The molecule has 0 spiro atoms. The minimum absolute atomic E-state index is 0.403. The average Bonchev–Trinajstić information content (AvgIpc) is 2.65. The number of aromatic nitrogens is 2. The molecule has 3 nitrogen and oxygen atoms in total. The fourth-order valence-corrected chi connectivity index (χ4v) is 0.481. The van der Waals surface area contributed by atoms with Crippen molar-refractivity contribution < 1.29 is 4.79 Å². The van der Waals surface area contributed by atoms with Crippen molar-refractivity contribution in [3.05, 3.63) is 18.7 Å². The zero-order chi connectivity index (χ0) is 9.82. The highest BCUT2D eigenvalue weighted by Crippen LogP contribution is 1.80. The minimum Gasteiger partial charge on any atom is -0.330 e. The van der Waals surface area contributed by atoms with Crippen LogP contribution in [0.25, 0.3) is 0 Å². The van der Waals surface area contributed by atoms with E-state index in [9.17, 15) is 4.79 Å². The summed E-state index contributed by atoms with van der Waals surface area (Å²) in [6.45, 7) is 8.40. The molecule has 1 aromatic rings. The fraction of sp³-hybridized carbons (Fsp3) is 0.556. The molecule has 0 radical (unpaired) electrons. The van der Waals surface area contributed by atoms with Crippen molar-refractivity contribution in [1.82, 2.24) is 9.55 Å². The van der Waals surface area contributed by atoms with Crippen LogP contribution in [-0.2, 0) is 11.3 Å². The standard InChI is InChI=1S/C5H6N2O.2C2H6/c8-4-3-7-2-1-6-5-7;2*1-2/h1-2,4-5H,3H2;2*1-2H3. The number of carbonyl (C=O) groups excluding carboxylic acids is 1. The first-order valence-electron chi connectivity index (χ1n) is 4.33. The summed E-state index contributed by atoms with van der Waals surface area (Å²) in [7, 11) is 0. The second-order valence-corrected chi connectivity index (χ2v) is 1.43. The average molecular weight is 170 g/mol.